The number of hydrogen-bond donors (Lipinski definition) is 2. The number of aromatic nitrogens is 4. The molecule has 3 aromatic heterocycles. The lowest BCUT2D eigenvalue weighted by molar-refractivity contribution is 0.564. The van der Waals surface area contributed by atoms with Crippen molar-refractivity contribution in [1.29, 1.82) is 0 Å². The number of nitrogens with zero attached hydrogens (tertiary/aromatic N) is 3. The molecular weight excluding hydrogens is 314 g/mol. The number of nitrogen functional groups attached to an aromatic ring is 1. The molecule has 0 saturated carbocycles. The number of aryl methyl sites for hydroxylation is 1. The number of rotatable bonds is 5. The maximum atomic E-state index is 12.8. The quantitative estimate of drug-likeness (QED) is 0.548. The number of H-pyrrole nitrogens is 1. The van der Waals surface area contributed by atoms with Crippen LogP contribution in [0.5, 0.6) is 0 Å². The van der Waals surface area contributed by atoms with E-state index in [1.807, 2.05) is 41.2 Å². The van der Waals surface area contributed by atoms with Crippen molar-refractivity contribution in [2.24, 2.45) is 0 Å². The van der Waals surface area contributed by atoms with Gasteiger partial charge in [0.15, 0.2) is 5.65 Å². The van der Waals surface area contributed by atoms with Crippen molar-refractivity contribution in [3.8, 4) is 5.69 Å². The van der Waals surface area contributed by atoms with E-state index in [1.54, 1.807) is 10.8 Å². The number of hydrogen-bond acceptors (Lipinski definition) is 3. The zero-order valence-electron chi connectivity index (χ0n) is 14.2. The fraction of sp³-hybridized carbons (Fsp3) is 0.263. The second-order valence-corrected chi connectivity index (χ2v) is 6.29. The van der Waals surface area contributed by atoms with Gasteiger partial charge in [0.1, 0.15) is 0 Å². The van der Waals surface area contributed by atoms with E-state index in [1.165, 1.54) is 12.8 Å². The molecule has 25 heavy (non-hydrogen) atoms. The molecule has 1 aromatic carbocycles. The Balaban J connectivity index is 1.89. The van der Waals surface area contributed by atoms with Gasteiger partial charge in [0.05, 0.1) is 22.0 Å². The molecule has 3 heterocycles. The van der Waals surface area contributed by atoms with E-state index >= 15 is 0 Å². The minimum Gasteiger partial charge on any atom is -0.397 e. The lowest BCUT2D eigenvalue weighted by Gasteiger charge is -2.04. The summed E-state index contributed by atoms with van der Waals surface area (Å²) in [6.45, 7) is 3.04. The molecule has 4 aromatic rings. The van der Waals surface area contributed by atoms with Gasteiger partial charge >= 0.3 is 0 Å². The molecule has 0 aliphatic rings. The molecule has 4 rings (SSSR count). The molecule has 0 aliphatic carbocycles. The highest BCUT2D eigenvalue weighted by molar-refractivity contribution is 6.05. The number of pyridine rings is 1. The van der Waals surface area contributed by atoms with E-state index in [2.05, 4.69) is 12.0 Å². The molecule has 0 saturated heterocycles. The fourth-order valence-corrected chi connectivity index (χ4v) is 3.27. The van der Waals surface area contributed by atoms with Gasteiger partial charge in [-0.2, -0.15) is 0 Å². The number of anilines is 1. The minimum absolute atomic E-state index is 0.133. The first kappa shape index (κ1) is 15.5. The van der Waals surface area contributed by atoms with E-state index in [0.717, 1.165) is 29.7 Å². The highest BCUT2D eigenvalue weighted by Crippen LogP contribution is 2.27. The summed E-state index contributed by atoms with van der Waals surface area (Å²) >= 11 is 0. The van der Waals surface area contributed by atoms with Crippen molar-refractivity contribution in [2.75, 3.05) is 5.73 Å². The van der Waals surface area contributed by atoms with E-state index in [0.29, 0.717) is 16.6 Å². The van der Waals surface area contributed by atoms with Gasteiger partial charge < -0.3 is 10.8 Å². The Hall–Kier alpha value is -3.02. The minimum atomic E-state index is -0.133. The van der Waals surface area contributed by atoms with Crippen LogP contribution >= 0.6 is 0 Å². The molecule has 6 nitrogen and oxygen atoms in total. The van der Waals surface area contributed by atoms with Crippen molar-refractivity contribution in [3.05, 3.63) is 53.1 Å². The molecule has 6 heteroatoms. The largest absolute Gasteiger partial charge is 0.397 e. The maximum absolute atomic E-state index is 12.8. The Labute approximate surface area is 144 Å². The van der Waals surface area contributed by atoms with Crippen molar-refractivity contribution < 1.29 is 0 Å². The SMILES string of the molecule is CCCCCn1[nH]cc2c(N)c3c(=O)n(-c4ccccc4)cc3nc21. The van der Waals surface area contributed by atoms with Crippen molar-refractivity contribution in [3.63, 3.8) is 0 Å². The van der Waals surface area contributed by atoms with E-state index in [4.69, 9.17) is 10.7 Å². The third-order valence-corrected chi connectivity index (χ3v) is 4.61. The Kier molecular flexibility index (Phi) is 3.80. The summed E-state index contributed by atoms with van der Waals surface area (Å²) in [4.78, 5) is 17.6. The molecule has 0 bridgehead atoms. The summed E-state index contributed by atoms with van der Waals surface area (Å²) in [5.41, 5.74) is 8.92. The molecule has 0 atom stereocenters. The Morgan fingerprint density at radius 2 is 2.00 bits per heavy atom. The highest BCUT2D eigenvalue weighted by Gasteiger charge is 2.17. The average Bonchev–Trinajstić information content (AvgIpc) is 3.18. The second kappa shape index (κ2) is 6.12. The molecule has 0 spiro atoms. The van der Waals surface area contributed by atoms with Gasteiger partial charge in [0, 0.05) is 24.6 Å². The maximum Gasteiger partial charge on any atom is 0.266 e. The normalized spacial score (nSPS) is 11.6. The molecule has 0 amide bonds. The van der Waals surface area contributed by atoms with Gasteiger partial charge in [0.2, 0.25) is 0 Å². The third kappa shape index (κ3) is 2.50. The van der Waals surface area contributed by atoms with Gasteiger partial charge in [0.25, 0.3) is 5.56 Å². The summed E-state index contributed by atoms with van der Waals surface area (Å²) in [5.74, 6) is 0. The van der Waals surface area contributed by atoms with Gasteiger partial charge in [-0.25, -0.2) is 4.98 Å². The van der Waals surface area contributed by atoms with Crippen LogP contribution in [0.4, 0.5) is 5.69 Å². The summed E-state index contributed by atoms with van der Waals surface area (Å²) in [6, 6.07) is 9.53. The van der Waals surface area contributed by atoms with Crippen molar-refractivity contribution in [2.45, 2.75) is 32.7 Å². The number of benzene rings is 1. The summed E-state index contributed by atoms with van der Waals surface area (Å²) < 4.78 is 3.61. The smallest absolute Gasteiger partial charge is 0.266 e. The molecule has 0 aliphatic heterocycles. The van der Waals surface area contributed by atoms with Crippen LogP contribution in [0, 0.1) is 0 Å². The van der Waals surface area contributed by atoms with Crippen LogP contribution in [-0.4, -0.2) is 19.3 Å². The number of fused-ring (bicyclic) bond motifs is 2. The predicted molar refractivity (Wildman–Crippen MR) is 101 cm³/mol. The monoisotopic (exact) mass is 335 g/mol. The lowest BCUT2D eigenvalue weighted by atomic mass is 10.2. The molecule has 0 radical (unpaired) electrons. The van der Waals surface area contributed by atoms with Crippen LogP contribution < -0.4 is 11.3 Å². The molecular formula is C19H21N5O. The molecule has 0 unspecified atom stereocenters. The Morgan fingerprint density at radius 3 is 2.76 bits per heavy atom. The third-order valence-electron chi connectivity index (χ3n) is 4.61. The number of nitrogens with one attached hydrogen (secondary N) is 1. The topological polar surface area (TPSA) is 81.6 Å². The van der Waals surface area contributed by atoms with Crippen LogP contribution in [0.3, 0.4) is 0 Å². The molecule has 0 fully saturated rings. The number of nitrogens with two attached hydrogens (primary N) is 1. The zero-order valence-corrected chi connectivity index (χ0v) is 14.2. The Morgan fingerprint density at radius 1 is 1.20 bits per heavy atom. The first-order valence-electron chi connectivity index (χ1n) is 8.64. The standard InChI is InChI=1S/C19H21N5O/c1-2-3-7-10-24-18-14(11-21-24)17(20)16-15(22-18)12-23(19(16)25)13-8-5-4-6-9-13/h4-6,8-9,11-12,21H,2-3,7,10,20H2,1H3. The summed E-state index contributed by atoms with van der Waals surface area (Å²) in [5, 5.41) is 4.49. The van der Waals surface area contributed by atoms with Crippen LogP contribution in [0.2, 0.25) is 0 Å². The zero-order chi connectivity index (χ0) is 17.4. The predicted octanol–water partition coefficient (Wildman–Crippen LogP) is 3.44. The second-order valence-electron chi connectivity index (χ2n) is 6.29. The molecule has 3 N–H and O–H groups in total. The van der Waals surface area contributed by atoms with E-state index in [9.17, 15) is 4.79 Å². The fourth-order valence-electron chi connectivity index (χ4n) is 3.27. The van der Waals surface area contributed by atoms with Crippen molar-refractivity contribution in [1.82, 2.24) is 19.3 Å². The number of aromatic amines is 1. The first-order chi connectivity index (χ1) is 12.2. The van der Waals surface area contributed by atoms with E-state index in [-0.39, 0.29) is 5.56 Å². The van der Waals surface area contributed by atoms with Crippen LogP contribution in [0.25, 0.3) is 27.6 Å². The number of unbranched alkanes of at least 4 members (excludes halogenated alkanes) is 2. The Bertz CT molecular complexity index is 1090. The average molecular weight is 335 g/mol. The first-order valence-corrected chi connectivity index (χ1v) is 8.64. The van der Waals surface area contributed by atoms with E-state index < -0.39 is 0 Å². The van der Waals surface area contributed by atoms with Crippen LogP contribution in [-0.2, 0) is 6.54 Å². The van der Waals surface area contributed by atoms with Gasteiger partial charge in [-0.3, -0.25) is 14.0 Å². The molecule has 128 valence electrons. The van der Waals surface area contributed by atoms with Crippen LogP contribution in [0.1, 0.15) is 26.2 Å². The van der Waals surface area contributed by atoms with Crippen LogP contribution in [0.15, 0.2) is 47.5 Å². The van der Waals surface area contributed by atoms with Gasteiger partial charge in [-0.05, 0) is 18.6 Å². The summed E-state index contributed by atoms with van der Waals surface area (Å²) in [6.07, 6.45) is 7.02. The lowest BCUT2D eigenvalue weighted by Crippen LogP contribution is -2.12. The van der Waals surface area contributed by atoms with Gasteiger partial charge in [-0.15, -0.1) is 0 Å². The van der Waals surface area contributed by atoms with Gasteiger partial charge in [-0.1, -0.05) is 38.0 Å². The highest BCUT2D eigenvalue weighted by atomic mass is 16.1. The number of para-hydroxylation sites is 1. The summed E-state index contributed by atoms with van der Waals surface area (Å²) in [7, 11) is 0. The van der Waals surface area contributed by atoms with Crippen molar-refractivity contribution >= 4 is 27.6 Å².